The molecule has 0 saturated heterocycles. The number of unbranched alkanes of at least 4 members (excludes halogenated alkanes) is 1. The molecule has 0 saturated carbocycles. The van der Waals surface area contributed by atoms with Crippen LogP contribution in [-0.4, -0.2) is 35.5 Å². The molecule has 0 bridgehead atoms. The first-order valence-corrected chi connectivity index (χ1v) is 7.31. The smallest absolute Gasteiger partial charge is 0.326 e. The van der Waals surface area contributed by atoms with Crippen molar-refractivity contribution in [2.75, 3.05) is 6.54 Å². The van der Waals surface area contributed by atoms with Crippen LogP contribution in [-0.2, 0) is 9.59 Å². The van der Waals surface area contributed by atoms with Gasteiger partial charge in [-0.15, -0.1) is 0 Å². The van der Waals surface area contributed by atoms with E-state index in [4.69, 9.17) is 5.11 Å². The van der Waals surface area contributed by atoms with E-state index in [2.05, 4.69) is 10.6 Å². The van der Waals surface area contributed by atoms with Crippen molar-refractivity contribution in [1.29, 1.82) is 0 Å². The van der Waals surface area contributed by atoms with Crippen LogP contribution in [0.25, 0.3) is 0 Å². The zero-order valence-corrected chi connectivity index (χ0v) is 12.9. The van der Waals surface area contributed by atoms with Crippen LogP contribution >= 0.6 is 0 Å². The van der Waals surface area contributed by atoms with Crippen LogP contribution in [0.5, 0.6) is 0 Å². The van der Waals surface area contributed by atoms with Gasteiger partial charge in [-0.05, 0) is 25.0 Å². The molecule has 1 aromatic carbocycles. The number of carbonyl (C=O) groups is 3. The van der Waals surface area contributed by atoms with E-state index < -0.39 is 17.9 Å². The van der Waals surface area contributed by atoms with Crippen molar-refractivity contribution in [3.05, 3.63) is 35.4 Å². The Labute approximate surface area is 129 Å². The minimum Gasteiger partial charge on any atom is -0.480 e. The van der Waals surface area contributed by atoms with E-state index in [1.165, 1.54) is 0 Å². The average Bonchev–Trinajstić information content (AvgIpc) is 2.49. The molecule has 0 fully saturated rings. The monoisotopic (exact) mass is 306 g/mol. The molecule has 0 radical (unpaired) electrons. The fraction of sp³-hybridized carbons (Fsp3) is 0.438. The number of rotatable bonds is 8. The molecule has 0 spiro atoms. The molecule has 1 atom stereocenters. The summed E-state index contributed by atoms with van der Waals surface area (Å²) in [5.74, 6) is -1.92. The third-order valence-electron chi connectivity index (χ3n) is 3.28. The molecule has 0 heterocycles. The highest BCUT2D eigenvalue weighted by Gasteiger charge is 2.19. The SMILES string of the molecule is CCCCC(NC(=O)CNC(=O)c1ccccc1C)C(=O)O. The molecule has 2 amide bonds. The van der Waals surface area contributed by atoms with Crippen LogP contribution in [0.4, 0.5) is 0 Å². The van der Waals surface area contributed by atoms with Crippen molar-refractivity contribution in [2.24, 2.45) is 0 Å². The van der Waals surface area contributed by atoms with Gasteiger partial charge in [-0.1, -0.05) is 38.0 Å². The first kappa shape index (κ1) is 17.7. The van der Waals surface area contributed by atoms with Gasteiger partial charge in [-0.2, -0.15) is 0 Å². The standard InChI is InChI=1S/C16H22N2O4/c1-3-4-9-13(16(21)22)18-14(19)10-17-15(20)12-8-6-5-7-11(12)2/h5-8,13H,3-4,9-10H2,1-2H3,(H,17,20)(H,18,19)(H,21,22). The van der Waals surface area contributed by atoms with Crippen molar-refractivity contribution in [1.82, 2.24) is 10.6 Å². The molecule has 1 rings (SSSR count). The fourth-order valence-electron chi connectivity index (χ4n) is 1.99. The number of aryl methyl sites for hydroxylation is 1. The molecule has 1 aromatic rings. The highest BCUT2D eigenvalue weighted by molar-refractivity contribution is 5.97. The second kappa shape index (κ2) is 8.81. The number of hydrogen-bond acceptors (Lipinski definition) is 3. The van der Waals surface area contributed by atoms with Crippen LogP contribution in [0.3, 0.4) is 0 Å². The summed E-state index contributed by atoms with van der Waals surface area (Å²) in [4.78, 5) is 34.7. The van der Waals surface area contributed by atoms with Gasteiger partial charge in [0, 0.05) is 5.56 Å². The number of carboxylic acid groups (broad SMARTS) is 1. The molecule has 6 nitrogen and oxygen atoms in total. The number of benzene rings is 1. The molecule has 3 N–H and O–H groups in total. The van der Waals surface area contributed by atoms with Gasteiger partial charge in [0.2, 0.25) is 5.91 Å². The maximum atomic E-state index is 12.0. The fourth-order valence-corrected chi connectivity index (χ4v) is 1.99. The van der Waals surface area contributed by atoms with Gasteiger partial charge >= 0.3 is 5.97 Å². The number of carbonyl (C=O) groups excluding carboxylic acids is 2. The lowest BCUT2D eigenvalue weighted by molar-refractivity contribution is -0.141. The molecular weight excluding hydrogens is 284 g/mol. The Bertz CT molecular complexity index is 543. The minimum absolute atomic E-state index is 0.247. The summed E-state index contributed by atoms with van der Waals surface area (Å²) in [6.45, 7) is 3.51. The second-order valence-electron chi connectivity index (χ2n) is 5.10. The Kier molecular flexibility index (Phi) is 7.08. The number of amides is 2. The lowest BCUT2D eigenvalue weighted by Gasteiger charge is -2.14. The van der Waals surface area contributed by atoms with Crippen LogP contribution in [0.1, 0.15) is 42.1 Å². The maximum absolute atomic E-state index is 12.0. The number of nitrogens with one attached hydrogen (secondary N) is 2. The normalized spacial score (nSPS) is 11.5. The van der Waals surface area contributed by atoms with Gasteiger partial charge < -0.3 is 15.7 Å². The van der Waals surface area contributed by atoms with Crippen molar-refractivity contribution in [2.45, 2.75) is 39.2 Å². The maximum Gasteiger partial charge on any atom is 0.326 e. The van der Waals surface area contributed by atoms with Gasteiger partial charge in [0.15, 0.2) is 0 Å². The zero-order chi connectivity index (χ0) is 16.5. The highest BCUT2D eigenvalue weighted by Crippen LogP contribution is 2.06. The molecule has 6 heteroatoms. The zero-order valence-electron chi connectivity index (χ0n) is 12.9. The van der Waals surface area contributed by atoms with E-state index in [9.17, 15) is 14.4 Å². The van der Waals surface area contributed by atoms with Gasteiger partial charge in [0.1, 0.15) is 6.04 Å². The summed E-state index contributed by atoms with van der Waals surface area (Å²) in [6.07, 6.45) is 1.94. The van der Waals surface area contributed by atoms with Crippen LogP contribution in [0.2, 0.25) is 0 Å². The summed E-state index contributed by atoms with van der Waals surface area (Å²) >= 11 is 0. The van der Waals surface area contributed by atoms with Gasteiger partial charge in [-0.25, -0.2) is 4.79 Å². The summed E-state index contributed by atoms with van der Waals surface area (Å²) in [7, 11) is 0. The number of carboxylic acids is 1. The van der Waals surface area contributed by atoms with Crippen molar-refractivity contribution >= 4 is 17.8 Å². The lowest BCUT2D eigenvalue weighted by atomic mass is 10.1. The molecule has 22 heavy (non-hydrogen) atoms. The Morgan fingerprint density at radius 1 is 1.23 bits per heavy atom. The second-order valence-corrected chi connectivity index (χ2v) is 5.10. The van der Waals surface area contributed by atoms with E-state index in [0.29, 0.717) is 18.4 Å². The molecule has 1 unspecified atom stereocenters. The average molecular weight is 306 g/mol. The predicted molar refractivity (Wildman–Crippen MR) is 82.6 cm³/mol. The summed E-state index contributed by atoms with van der Waals surface area (Å²) in [5, 5.41) is 14.0. The third kappa shape index (κ3) is 5.55. The van der Waals surface area contributed by atoms with Gasteiger partial charge in [0.05, 0.1) is 6.54 Å². The highest BCUT2D eigenvalue weighted by atomic mass is 16.4. The summed E-state index contributed by atoms with van der Waals surface area (Å²) in [5.41, 5.74) is 1.31. The largest absolute Gasteiger partial charge is 0.480 e. The molecule has 120 valence electrons. The Morgan fingerprint density at radius 2 is 1.91 bits per heavy atom. The van der Waals surface area contributed by atoms with E-state index >= 15 is 0 Å². The Balaban J connectivity index is 2.50. The molecule has 0 aromatic heterocycles. The van der Waals surface area contributed by atoms with Crippen molar-refractivity contribution in [3.63, 3.8) is 0 Å². The third-order valence-corrected chi connectivity index (χ3v) is 3.28. The molecular formula is C16H22N2O4. The van der Waals surface area contributed by atoms with Crippen LogP contribution in [0, 0.1) is 6.92 Å². The van der Waals surface area contributed by atoms with E-state index in [0.717, 1.165) is 12.0 Å². The minimum atomic E-state index is -1.06. The Morgan fingerprint density at radius 3 is 2.50 bits per heavy atom. The molecule has 0 aliphatic rings. The number of hydrogen-bond donors (Lipinski definition) is 3. The quantitative estimate of drug-likeness (QED) is 0.678. The van der Waals surface area contributed by atoms with Gasteiger partial charge in [-0.3, -0.25) is 9.59 Å². The number of aliphatic carboxylic acids is 1. The van der Waals surface area contributed by atoms with Crippen molar-refractivity contribution < 1.29 is 19.5 Å². The first-order valence-electron chi connectivity index (χ1n) is 7.31. The lowest BCUT2D eigenvalue weighted by Crippen LogP contribution is -2.45. The first-order chi connectivity index (χ1) is 10.5. The summed E-state index contributed by atoms with van der Waals surface area (Å²) < 4.78 is 0. The van der Waals surface area contributed by atoms with E-state index in [-0.39, 0.29) is 12.5 Å². The van der Waals surface area contributed by atoms with Crippen molar-refractivity contribution in [3.8, 4) is 0 Å². The van der Waals surface area contributed by atoms with E-state index in [1.54, 1.807) is 25.1 Å². The summed E-state index contributed by atoms with van der Waals surface area (Å²) in [6, 6.07) is 6.13. The molecule has 0 aliphatic carbocycles. The Hall–Kier alpha value is -2.37. The van der Waals surface area contributed by atoms with Crippen LogP contribution < -0.4 is 10.6 Å². The molecule has 0 aliphatic heterocycles. The topological polar surface area (TPSA) is 95.5 Å². The van der Waals surface area contributed by atoms with E-state index in [1.807, 2.05) is 13.0 Å². The van der Waals surface area contributed by atoms with Crippen LogP contribution in [0.15, 0.2) is 24.3 Å². The predicted octanol–water partition coefficient (Wildman–Crippen LogP) is 1.48. The van der Waals surface area contributed by atoms with Gasteiger partial charge in [0.25, 0.3) is 5.91 Å².